The Labute approximate surface area is 137 Å². The molecule has 1 aliphatic heterocycles. The van der Waals surface area contributed by atoms with Crippen molar-refractivity contribution < 1.29 is 0 Å². The molecule has 1 fully saturated rings. The Bertz CT molecular complexity index is 599. The lowest BCUT2D eigenvalue weighted by molar-refractivity contribution is 0.199. The minimum absolute atomic E-state index is 0.617. The maximum atomic E-state index is 4.32. The highest BCUT2D eigenvalue weighted by atomic mass is 32.1. The molecule has 0 radical (unpaired) electrons. The zero-order chi connectivity index (χ0) is 15.5. The predicted molar refractivity (Wildman–Crippen MR) is 93.4 cm³/mol. The quantitative estimate of drug-likeness (QED) is 0.888. The van der Waals surface area contributed by atoms with Crippen molar-refractivity contribution >= 4 is 11.3 Å². The highest BCUT2D eigenvalue weighted by Gasteiger charge is 2.25. The fourth-order valence-electron chi connectivity index (χ4n) is 3.50. The third-order valence-electron chi connectivity index (χ3n) is 4.47. The number of likely N-dealkylation sites (tertiary alicyclic amines) is 1. The van der Waals surface area contributed by atoms with E-state index in [1.165, 1.54) is 40.4 Å². The van der Waals surface area contributed by atoms with Gasteiger partial charge in [-0.2, -0.15) is 5.10 Å². The van der Waals surface area contributed by atoms with Gasteiger partial charge in [-0.3, -0.25) is 10.00 Å². The van der Waals surface area contributed by atoms with E-state index < -0.39 is 0 Å². The van der Waals surface area contributed by atoms with Gasteiger partial charge in [-0.25, -0.2) is 0 Å². The number of nitrogens with zero attached hydrogens (tertiary/aromatic N) is 2. The average molecular weight is 318 g/mol. The molecule has 1 aliphatic rings. The molecule has 0 spiro atoms. The van der Waals surface area contributed by atoms with Gasteiger partial charge in [-0.15, -0.1) is 11.3 Å². The van der Waals surface area contributed by atoms with Crippen molar-refractivity contribution in [2.45, 2.75) is 52.5 Å². The summed E-state index contributed by atoms with van der Waals surface area (Å²) in [5.74, 6) is 1.30. The van der Waals surface area contributed by atoms with E-state index in [1.807, 2.05) is 17.5 Å². The van der Waals surface area contributed by atoms with Crippen LogP contribution in [0.1, 0.15) is 53.6 Å². The second-order valence-corrected chi connectivity index (χ2v) is 8.37. The van der Waals surface area contributed by atoms with Crippen LogP contribution < -0.4 is 0 Å². The normalized spacial score (nSPS) is 19.9. The van der Waals surface area contributed by atoms with Gasteiger partial charge in [0.1, 0.15) is 0 Å². The van der Waals surface area contributed by atoms with E-state index in [2.05, 4.69) is 48.0 Å². The van der Waals surface area contributed by atoms with Gasteiger partial charge < -0.3 is 0 Å². The molecule has 3 rings (SSSR count). The number of piperidine rings is 1. The number of hydrogen-bond acceptors (Lipinski definition) is 3. The largest absolute Gasteiger partial charge is 0.298 e. The van der Waals surface area contributed by atoms with Crippen molar-refractivity contribution in [1.82, 2.24) is 15.1 Å². The third-order valence-corrected chi connectivity index (χ3v) is 5.45. The molecular formula is C18H27N3S. The number of rotatable bonds is 5. The summed E-state index contributed by atoms with van der Waals surface area (Å²) in [5, 5.41) is 7.62. The predicted octanol–water partition coefficient (Wildman–Crippen LogP) is 4.36. The molecule has 0 amide bonds. The molecule has 4 heteroatoms. The summed E-state index contributed by atoms with van der Waals surface area (Å²) in [6, 6.07) is 4.51. The number of aryl methyl sites for hydroxylation is 1. The van der Waals surface area contributed by atoms with Crippen LogP contribution in [0.2, 0.25) is 0 Å². The second kappa shape index (κ2) is 6.97. The summed E-state index contributed by atoms with van der Waals surface area (Å²) in [6.45, 7) is 10.2. The Morgan fingerprint density at radius 1 is 1.41 bits per heavy atom. The second-order valence-electron chi connectivity index (χ2n) is 6.99. The Hall–Kier alpha value is -1.13. The van der Waals surface area contributed by atoms with Crippen LogP contribution in [0.4, 0.5) is 0 Å². The molecule has 2 aromatic heterocycles. The minimum atomic E-state index is 0.617. The molecule has 0 aliphatic carbocycles. The van der Waals surface area contributed by atoms with Gasteiger partial charge in [0, 0.05) is 34.5 Å². The van der Waals surface area contributed by atoms with Crippen LogP contribution in [-0.4, -0.2) is 28.2 Å². The standard InChI is InChI=1S/C18H27N3S/c1-13(2)9-16-10-19-20-18(16)15-5-4-8-21(11-15)12-17-7-6-14(3)22-17/h6-7,10,13,15H,4-5,8-9,11-12H2,1-3H3,(H,19,20)/t15-/m1/s1. The maximum absolute atomic E-state index is 4.32. The van der Waals surface area contributed by atoms with E-state index >= 15 is 0 Å². The number of thiophene rings is 1. The number of aromatic nitrogens is 2. The Balaban J connectivity index is 1.66. The first-order chi connectivity index (χ1) is 10.6. The molecule has 3 nitrogen and oxygen atoms in total. The smallest absolute Gasteiger partial charge is 0.0522 e. The summed E-state index contributed by atoms with van der Waals surface area (Å²) >= 11 is 1.93. The summed E-state index contributed by atoms with van der Waals surface area (Å²) in [7, 11) is 0. The number of hydrogen-bond donors (Lipinski definition) is 1. The fourth-order valence-corrected chi connectivity index (χ4v) is 4.44. The lowest BCUT2D eigenvalue weighted by Gasteiger charge is -2.32. The summed E-state index contributed by atoms with van der Waals surface area (Å²) in [4.78, 5) is 5.51. The van der Waals surface area contributed by atoms with Gasteiger partial charge in [-0.1, -0.05) is 13.8 Å². The van der Waals surface area contributed by atoms with Gasteiger partial charge in [0.25, 0.3) is 0 Å². The lowest BCUT2D eigenvalue weighted by Crippen LogP contribution is -2.34. The average Bonchev–Trinajstić information content (AvgIpc) is 3.08. The fraction of sp³-hybridized carbons (Fsp3) is 0.611. The summed E-state index contributed by atoms with van der Waals surface area (Å²) in [6.07, 6.45) is 5.74. The molecule has 0 aromatic carbocycles. The molecule has 0 saturated carbocycles. The first kappa shape index (κ1) is 15.8. The van der Waals surface area contributed by atoms with E-state index in [0.29, 0.717) is 11.8 Å². The first-order valence-electron chi connectivity index (χ1n) is 8.41. The van der Waals surface area contributed by atoms with Crippen LogP contribution in [0.25, 0.3) is 0 Å². The SMILES string of the molecule is Cc1ccc(CN2CCC[C@@H](c3[nH]ncc3CC(C)C)C2)s1. The molecule has 2 aromatic rings. The first-order valence-corrected chi connectivity index (χ1v) is 9.23. The molecule has 1 saturated heterocycles. The van der Waals surface area contributed by atoms with E-state index in [1.54, 1.807) is 0 Å². The van der Waals surface area contributed by atoms with Crippen molar-refractivity contribution in [3.8, 4) is 0 Å². The van der Waals surface area contributed by atoms with Gasteiger partial charge in [0.2, 0.25) is 0 Å². The van der Waals surface area contributed by atoms with Crippen molar-refractivity contribution in [3.05, 3.63) is 39.3 Å². The topological polar surface area (TPSA) is 31.9 Å². The molecule has 0 unspecified atom stereocenters. The van der Waals surface area contributed by atoms with Crippen molar-refractivity contribution in [2.24, 2.45) is 5.92 Å². The third kappa shape index (κ3) is 3.79. The zero-order valence-electron chi connectivity index (χ0n) is 13.9. The lowest BCUT2D eigenvalue weighted by atomic mass is 9.90. The van der Waals surface area contributed by atoms with Crippen LogP contribution in [0.5, 0.6) is 0 Å². The van der Waals surface area contributed by atoms with Crippen molar-refractivity contribution in [1.29, 1.82) is 0 Å². The number of H-pyrrole nitrogens is 1. The summed E-state index contributed by atoms with van der Waals surface area (Å²) < 4.78 is 0. The van der Waals surface area contributed by atoms with E-state index in [9.17, 15) is 0 Å². The number of aromatic amines is 1. The highest BCUT2D eigenvalue weighted by molar-refractivity contribution is 7.11. The Morgan fingerprint density at radius 3 is 3.00 bits per heavy atom. The molecular weight excluding hydrogens is 290 g/mol. The van der Waals surface area contributed by atoms with Gasteiger partial charge in [-0.05, 0) is 56.3 Å². The van der Waals surface area contributed by atoms with E-state index in [4.69, 9.17) is 0 Å². The van der Waals surface area contributed by atoms with E-state index in [0.717, 1.165) is 19.5 Å². The van der Waals surface area contributed by atoms with Gasteiger partial charge in [0.15, 0.2) is 0 Å². The Morgan fingerprint density at radius 2 is 2.27 bits per heavy atom. The molecule has 1 N–H and O–H groups in total. The van der Waals surface area contributed by atoms with Crippen LogP contribution in [0.15, 0.2) is 18.3 Å². The van der Waals surface area contributed by atoms with Crippen molar-refractivity contribution in [2.75, 3.05) is 13.1 Å². The van der Waals surface area contributed by atoms with E-state index in [-0.39, 0.29) is 0 Å². The Kier molecular flexibility index (Phi) is 4.99. The highest BCUT2D eigenvalue weighted by Crippen LogP contribution is 2.30. The minimum Gasteiger partial charge on any atom is -0.298 e. The monoisotopic (exact) mass is 317 g/mol. The molecule has 0 bridgehead atoms. The number of nitrogens with one attached hydrogen (secondary N) is 1. The zero-order valence-corrected chi connectivity index (χ0v) is 14.7. The molecule has 120 valence electrons. The maximum Gasteiger partial charge on any atom is 0.0522 e. The van der Waals surface area contributed by atoms with Crippen LogP contribution in [0.3, 0.4) is 0 Å². The van der Waals surface area contributed by atoms with Gasteiger partial charge >= 0.3 is 0 Å². The summed E-state index contributed by atoms with van der Waals surface area (Å²) in [5.41, 5.74) is 2.81. The van der Waals surface area contributed by atoms with Crippen LogP contribution >= 0.6 is 11.3 Å². The van der Waals surface area contributed by atoms with Crippen molar-refractivity contribution in [3.63, 3.8) is 0 Å². The van der Waals surface area contributed by atoms with Gasteiger partial charge in [0.05, 0.1) is 6.20 Å². The molecule has 22 heavy (non-hydrogen) atoms. The van der Waals surface area contributed by atoms with Crippen LogP contribution in [-0.2, 0) is 13.0 Å². The molecule has 3 heterocycles. The molecule has 1 atom stereocenters. The van der Waals surface area contributed by atoms with Crippen LogP contribution in [0, 0.1) is 12.8 Å².